The van der Waals surface area contributed by atoms with Crippen molar-refractivity contribution in [1.82, 2.24) is 10.6 Å². The molecule has 7 nitrogen and oxygen atoms in total. The number of ether oxygens (including phenoxy) is 1. The number of aliphatic carboxylic acids is 1. The summed E-state index contributed by atoms with van der Waals surface area (Å²) in [4.78, 5) is 34.8. The van der Waals surface area contributed by atoms with Crippen molar-refractivity contribution in [1.29, 1.82) is 0 Å². The van der Waals surface area contributed by atoms with E-state index in [0.717, 1.165) is 5.56 Å². The van der Waals surface area contributed by atoms with Gasteiger partial charge in [0, 0.05) is 12.5 Å². The first-order valence-electron chi connectivity index (χ1n) is 7.97. The number of esters is 1. The Morgan fingerprint density at radius 3 is 2.71 bits per heavy atom. The maximum Gasteiger partial charge on any atom is 0.323 e. The van der Waals surface area contributed by atoms with E-state index in [-0.39, 0.29) is 25.4 Å². The van der Waals surface area contributed by atoms with Gasteiger partial charge in [0.1, 0.15) is 6.04 Å². The number of carbonyl (C=O) groups is 3. The Hall–Kier alpha value is -2.41. The van der Waals surface area contributed by atoms with E-state index in [0.29, 0.717) is 6.42 Å². The molecule has 1 aliphatic heterocycles. The Labute approximate surface area is 140 Å². The Kier molecular flexibility index (Phi) is 6.31. The molecule has 1 aromatic rings. The quantitative estimate of drug-likeness (QED) is 0.597. The second kappa shape index (κ2) is 8.44. The summed E-state index contributed by atoms with van der Waals surface area (Å²) in [5.74, 6) is -1.62. The van der Waals surface area contributed by atoms with Gasteiger partial charge < -0.3 is 15.2 Å². The van der Waals surface area contributed by atoms with Crippen molar-refractivity contribution in [2.45, 2.75) is 44.3 Å². The molecule has 7 heteroatoms. The Morgan fingerprint density at radius 1 is 1.38 bits per heavy atom. The Balaban J connectivity index is 2.09. The van der Waals surface area contributed by atoms with Gasteiger partial charge in [-0.1, -0.05) is 30.3 Å². The average molecular weight is 334 g/mol. The van der Waals surface area contributed by atoms with E-state index in [2.05, 4.69) is 10.6 Å². The molecule has 0 aliphatic carbocycles. The molecular formula is C17H22N2O5. The molecule has 0 aromatic heterocycles. The van der Waals surface area contributed by atoms with E-state index < -0.39 is 30.1 Å². The summed E-state index contributed by atoms with van der Waals surface area (Å²) >= 11 is 0. The average Bonchev–Trinajstić information content (AvgIpc) is 2.86. The van der Waals surface area contributed by atoms with Gasteiger partial charge in [-0.05, 0) is 18.9 Å². The lowest BCUT2D eigenvalue weighted by Crippen LogP contribution is -2.50. The third-order valence-electron chi connectivity index (χ3n) is 3.90. The topological polar surface area (TPSA) is 105 Å². The van der Waals surface area contributed by atoms with Crippen LogP contribution in [0.3, 0.4) is 0 Å². The number of hydrogen-bond donors (Lipinski definition) is 3. The molecule has 0 bridgehead atoms. The molecule has 1 aliphatic rings. The third-order valence-corrected chi connectivity index (χ3v) is 3.90. The van der Waals surface area contributed by atoms with E-state index in [1.54, 1.807) is 6.92 Å². The van der Waals surface area contributed by atoms with Gasteiger partial charge in [-0.25, -0.2) is 0 Å². The standard InChI is InChI=1S/C17H22N2O5/c1-2-24-17(23)14(8-11-6-4-3-5-7-11)18-12-9-15(20)19-13(12)10-16(21)22/h3-7,12-14,18H,2,8-10H2,1H3,(H,19,20)(H,21,22)/t12-,13+,14?/m1/s1. The predicted molar refractivity (Wildman–Crippen MR) is 86.3 cm³/mol. The fraction of sp³-hybridized carbons (Fsp3) is 0.471. The lowest BCUT2D eigenvalue weighted by Gasteiger charge is -2.24. The molecule has 1 saturated heterocycles. The van der Waals surface area contributed by atoms with Crippen LogP contribution in [0.5, 0.6) is 0 Å². The summed E-state index contributed by atoms with van der Waals surface area (Å²) in [6.07, 6.45) is 0.358. The first kappa shape index (κ1) is 17.9. The summed E-state index contributed by atoms with van der Waals surface area (Å²) in [7, 11) is 0. The lowest BCUT2D eigenvalue weighted by molar-refractivity contribution is -0.146. The maximum atomic E-state index is 12.2. The van der Waals surface area contributed by atoms with Gasteiger partial charge in [0.15, 0.2) is 0 Å². The molecule has 3 atom stereocenters. The van der Waals surface area contributed by atoms with Crippen molar-refractivity contribution in [3.05, 3.63) is 35.9 Å². The van der Waals surface area contributed by atoms with Crippen molar-refractivity contribution in [3.63, 3.8) is 0 Å². The monoisotopic (exact) mass is 334 g/mol. The summed E-state index contributed by atoms with van der Waals surface area (Å²) < 4.78 is 5.11. The van der Waals surface area contributed by atoms with Crippen LogP contribution in [0.1, 0.15) is 25.3 Å². The van der Waals surface area contributed by atoms with Gasteiger partial charge in [-0.3, -0.25) is 19.7 Å². The maximum absolute atomic E-state index is 12.2. The number of carbonyl (C=O) groups excluding carboxylic acids is 2. The van der Waals surface area contributed by atoms with Gasteiger partial charge in [-0.15, -0.1) is 0 Å². The number of rotatable bonds is 8. The van der Waals surface area contributed by atoms with E-state index in [4.69, 9.17) is 9.84 Å². The van der Waals surface area contributed by atoms with E-state index in [1.807, 2.05) is 30.3 Å². The van der Waals surface area contributed by atoms with Crippen LogP contribution in [0.25, 0.3) is 0 Å². The SMILES string of the molecule is CCOC(=O)C(Cc1ccccc1)N[C@@H]1CC(=O)N[C@H]1CC(=O)O. The van der Waals surface area contributed by atoms with Crippen LogP contribution in [0.4, 0.5) is 0 Å². The molecular weight excluding hydrogens is 312 g/mol. The zero-order chi connectivity index (χ0) is 17.5. The number of carboxylic acids is 1. The molecule has 1 fully saturated rings. The minimum absolute atomic E-state index is 0.142. The first-order chi connectivity index (χ1) is 11.5. The van der Waals surface area contributed by atoms with Crippen LogP contribution in [0, 0.1) is 0 Å². The van der Waals surface area contributed by atoms with Gasteiger partial charge in [-0.2, -0.15) is 0 Å². The van der Waals surface area contributed by atoms with Crippen LogP contribution in [0.15, 0.2) is 30.3 Å². The molecule has 0 radical (unpaired) electrons. The molecule has 1 aromatic carbocycles. The summed E-state index contributed by atoms with van der Waals surface area (Å²) in [6, 6.07) is 7.85. The minimum atomic E-state index is -0.996. The first-order valence-corrected chi connectivity index (χ1v) is 7.97. The van der Waals surface area contributed by atoms with Crippen LogP contribution in [-0.4, -0.2) is 47.7 Å². The predicted octanol–water partition coefficient (Wildman–Crippen LogP) is 0.482. The fourth-order valence-electron chi connectivity index (χ4n) is 2.83. The number of carboxylic acid groups (broad SMARTS) is 1. The van der Waals surface area contributed by atoms with Gasteiger partial charge in [0.25, 0.3) is 0 Å². The van der Waals surface area contributed by atoms with Crippen LogP contribution >= 0.6 is 0 Å². The third kappa shape index (κ3) is 5.06. The lowest BCUT2D eigenvalue weighted by atomic mass is 10.0. The zero-order valence-electron chi connectivity index (χ0n) is 13.5. The summed E-state index contributed by atoms with van der Waals surface area (Å²) in [6.45, 7) is 1.98. The highest BCUT2D eigenvalue weighted by Crippen LogP contribution is 2.15. The van der Waals surface area contributed by atoms with Gasteiger partial charge >= 0.3 is 11.9 Å². The molecule has 1 heterocycles. The van der Waals surface area contributed by atoms with Gasteiger partial charge in [0.05, 0.1) is 19.1 Å². The molecule has 130 valence electrons. The highest BCUT2D eigenvalue weighted by Gasteiger charge is 2.36. The number of hydrogen-bond acceptors (Lipinski definition) is 5. The van der Waals surface area contributed by atoms with Crippen LogP contribution in [-0.2, 0) is 25.5 Å². The second-order valence-electron chi connectivity index (χ2n) is 5.74. The van der Waals surface area contributed by atoms with Crippen molar-refractivity contribution in [2.75, 3.05) is 6.61 Å². The molecule has 0 spiro atoms. The molecule has 1 amide bonds. The normalized spacial score (nSPS) is 21.1. The molecule has 0 saturated carbocycles. The fourth-order valence-corrected chi connectivity index (χ4v) is 2.83. The molecule has 24 heavy (non-hydrogen) atoms. The Morgan fingerprint density at radius 2 is 2.08 bits per heavy atom. The van der Waals surface area contributed by atoms with Crippen molar-refractivity contribution < 1.29 is 24.2 Å². The largest absolute Gasteiger partial charge is 0.481 e. The molecule has 1 unspecified atom stereocenters. The zero-order valence-corrected chi connectivity index (χ0v) is 13.5. The van der Waals surface area contributed by atoms with E-state index in [1.165, 1.54) is 0 Å². The van der Waals surface area contributed by atoms with Gasteiger partial charge in [0.2, 0.25) is 5.91 Å². The number of benzene rings is 1. The van der Waals surface area contributed by atoms with E-state index in [9.17, 15) is 14.4 Å². The van der Waals surface area contributed by atoms with Crippen LogP contribution < -0.4 is 10.6 Å². The highest BCUT2D eigenvalue weighted by molar-refractivity contribution is 5.82. The van der Waals surface area contributed by atoms with E-state index >= 15 is 0 Å². The number of nitrogens with one attached hydrogen (secondary N) is 2. The van der Waals surface area contributed by atoms with Crippen molar-refractivity contribution in [3.8, 4) is 0 Å². The second-order valence-corrected chi connectivity index (χ2v) is 5.74. The van der Waals surface area contributed by atoms with Crippen LogP contribution in [0.2, 0.25) is 0 Å². The number of amides is 1. The summed E-state index contributed by atoms with van der Waals surface area (Å²) in [5.41, 5.74) is 0.954. The summed E-state index contributed by atoms with van der Waals surface area (Å²) in [5, 5.41) is 14.7. The van der Waals surface area contributed by atoms with Crippen molar-refractivity contribution in [2.24, 2.45) is 0 Å². The minimum Gasteiger partial charge on any atom is -0.481 e. The van der Waals surface area contributed by atoms with Crippen molar-refractivity contribution >= 4 is 17.8 Å². The molecule has 3 N–H and O–H groups in total. The molecule has 2 rings (SSSR count). The highest BCUT2D eigenvalue weighted by atomic mass is 16.5. The smallest absolute Gasteiger partial charge is 0.323 e. The Bertz CT molecular complexity index is 590.